The van der Waals surface area contributed by atoms with Crippen molar-refractivity contribution in [3.05, 3.63) is 58.3 Å². The van der Waals surface area contributed by atoms with E-state index in [1.807, 2.05) is 12.1 Å². The summed E-state index contributed by atoms with van der Waals surface area (Å²) in [6.45, 7) is 0.148. The van der Waals surface area contributed by atoms with Crippen LogP contribution in [0.15, 0.2) is 52.0 Å². The van der Waals surface area contributed by atoms with E-state index in [0.29, 0.717) is 0 Å². The van der Waals surface area contributed by atoms with E-state index in [-0.39, 0.29) is 17.1 Å². The van der Waals surface area contributed by atoms with Gasteiger partial charge in [-0.05, 0) is 29.8 Å². The Morgan fingerprint density at radius 3 is 2.60 bits per heavy atom. The Balaban J connectivity index is 2.20. The summed E-state index contributed by atoms with van der Waals surface area (Å²) in [7, 11) is -3.76. The summed E-state index contributed by atoms with van der Waals surface area (Å²) in [6, 6.07) is 11.9. The molecular weight excluding hydrogens is 342 g/mol. The zero-order chi connectivity index (χ0) is 14.6. The van der Waals surface area contributed by atoms with Gasteiger partial charge in [-0.3, -0.25) is 0 Å². The summed E-state index contributed by atoms with van der Waals surface area (Å²) >= 11 is 3.31. The second-order valence-electron chi connectivity index (χ2n) is 3.91. The molecule has 7 heteroatoms. The van der Waals surface area contributed by atoms with Gasteiger partial charge in [-0.25, -0.2) is 18.1 Å². The first kappa shape index (κ1) is 14.7. The molecule has 2 rings (SSSR count). The van der Waals surface area contributed by atoms with Crippen molar-refractivity contribution in [1.29, 1.82) is 5.26 Å². The molecule has 20 heavy (non-hydrogen) atoms. The monoisotopic (exact) mass is 351 g/mol. The van der Waals surface area contributed by atoms with Gasteiger partial charge in [-0.2, -0.15) is 5.26 Å². The van der Waals surface area contributed by atoms with Crippen LogP contribution < -0.4 is 4.72 Å². The standard InChI is InChI=1S/C13H10BrN3O2S/c14-11-5-3-10(4-6-11)9-17-20(18,19)13-2-1-7-16-12(13)8-15/h1-7,17H,9H2. The lowest BCUT2D eigenvalue weighted by Crippen LogP contribution is -2.24. The summed E-state index contributed by atoms with van der Waals surface area (Å²) in [6.07, 6.45) is 1.38. The molecule has 0 saturated heterocycles. The lowest BCUT2D eigenvalue weighted by Gasteiger charge is -2.07. The molecule has 0 aliphatic heterocycles. The molecule has 0 bridgehead atoms. The average Bonchev–Trinajstić information content (AvgIpc) is 2.46. The highest BCUT2D eigenvalue weighted by atomic mass is 79.9. The molecule has 102 valence electrons. The molecule has 2 aromatic rings. The molecular formula is C13H10BrN3O2S. The predicted molar refractivity (Wildman–Crippen MR) is 77.1 cm³/mol. The van der Waals surface area contributed by atoms with E-state index in [1.54, 1.807) is 18.2 Å². The molecule has 1 heterocycles. The van der Waals surface area contributed by atoms with Crippen LogP contribution in [0, 0.1) is 11.3 Å². The Bertz CT molecular complexity index is 752. The fourth-order valence-corrected chi connectivity index (χ4v) is 2.94. The van der Waals surface area contributed by atoms with Crippen molar-refractivity contribution in [3.8, 4) is 6.07 Å². The second kappa shape index (κ2) is 6.13. The lowest BCUT2D eigenvalue weighted by molar-refractivity contribution is 0.580. The van der Waals surface area contributed by atoms with Crippen LogP contribution in [0.1, 0.15) is 11.3 Å². The summed E-state index contributed by atoms with van der Waals surface area (Å²) in [5, 5.41) is 8.89. The second-order valence-corrected chi connectivity index (χ2v) is 6.56. The first-order valence-corrected chi connectivity index (χ1v) is 7.90. The molecule has 0 spiro atoms. The molecule has 0 radical (unpaired) electrons. The third-order valence-electron chi connectivity index (χ3n) is 2.55. The molecule has 0 fully saturated rings. The summed E-state index contributed by atoms with van der Waals surface area (Å²) in [5.41, 5.74) is 0.704. The number of pyridine rings is 1. The molecule has 0 saturated carbocycles. The predicted octanol–water partition coefficient (Wildman–Crippen LogP) is 2.19. The van der Waals surface area contributed by atoms with Crippen molar-refractivity contribution in [1.82, 2.24) is 9.71 Å². The SMILES string of the molecule is N#Cc1ncccc1S(=O)(=O)NCc1ccc(Br)cc1. The average molecular weight is 352 g/mol. The highest BCUT2D eigenvalue weighted by molar-refractivity contribution is 9.10. The number of nitriles is 1. The fraction of sp³-hybridized carbons (Fsp3) is 0.0769. The van der Waals surface area contributed by atoms with E-state index >= 15 is 0 Å². The van der Waals surface area contributed by atoms with Crippen LogP contribution in [-0.4, -0.2) is 13.4 Å². The third-order valence-corrected chi connectivity index (χ3v) is 4.51. The van der Waals surface area contributed by atoms with Crippen LogP contribution in [0.2, 0.25) is 0 Å². The summed E-state index contributed by atoms with van der Waals surface area (Å²) in [5.74, 6) is 0. The van der Waals surface area contributed by atoms with Gasteiger partial charge in [-0.15, -0.1) is 0 Å². The first-order valence-electron chi connectivity index (χ1n) is 5.62. The van der Waals surface area contributed by atoms with E-state index in [9.17, 15) is 8.42 Å². The van der Waals surface area contributed by atoms with E-state index in [0.717, 1.165) is 10.0 Å². The van der Waals surface area contributed by atoms with Crippen LogP contribution in [0.5, 0.6) is 0 Å². The van der Waals surface area contributed by atoms with E-state index in [1.165, 1.54) is 18.3 Å². The Morgan fingerprint density at radius 2 is 1.95 bits per heavy atom. The van der Waals surface area contributed by atoms with Crippen molar-refractivity contribution in [2.75, 3.05) is 0 Å². The molecule has 1 N–H and O–H groups in total. The zero-order valence-corrected chi connectivity index (χ0v) is 12.6. The number of sulfonamides is 1. The number of rotatable bonds is 4. The van der Waals surface area contributed by atoms with Crippen LogP contribution in [0.25, 0.3) is 0 Å². The number of aromatic nitrogens is 1. The molecule has 0 unspecified atom stereocenters. The Kier molecular flexibility index (Phi) is 4.49. The largest absolute Gasteiger partial charge is 0.244 e. The van der Waals surface area contributed by atoms with Crippen molar-refractivity contribution < 1.29 is 8.42 Å². The number of nitrogens with zero attached hydrogens (tertiary/aromatic N) is 2. The van der Waals surface area contributed by atoms with Crippen LogP contribution in [-0.2, 0) is 16.6 Å². The Labute approximate surface area is 125 Å². The molecule has 0 aliphatic rings. The van der Waals surface area contributed by atoms with Crippen molar-refractivity contribution in [2.45, 2.75) is 11.4 Å². The number of benzene rings is 1. The molecule has 0 amide bonds. The number of hydrogen-bond acceptors (Lipinski definition) is 4. The van der Waals surface area contributed by atoms with E-state index < -0.39 is 10.0 Å². The van der Waals surface area contributed by atoms with Gasteiger partial charge >= 0.3 is 0 Å². The molecule has 0 aliphatic carbocycles. The topological polar surface area (TPSA) is 82.8 Å². The van der Waals surface area contributed by atoms with Gasteiger partial charge in [0.1, 0.15) is 11.0 Å². The summed E-state index contributed by atoms with van der Waals surface area (Å²) < 4.78 is 27.7. The van der Waals surface area contributed by atoms with Crippen molar-refractivity contribution in [2.24, 2.45) is 0 Å². The van der Waals surface area contributed by atoms with Crippen LogP contribution >= 0.6 is 15.9 Å². The van der Waals surface area contributed by atoms with E-state index in [4.69, 9.17) is 5.26 Å². The number of nitrogens with one attached hydrogen (secondary N) is 1. The maximum atomic E-state index is 12.1. The highest BCUT2D eigenvalue weighted by Crippen LogP contribution is 2.14. The maximum Gasteiger partial charge on any atom is 0.243 e. The molecule has 5 nitrogen and oxygen atoms in total. The maximum absolute atomic E-state index is 12.1. The minimum atomic E-state index is -3.76. The van der Waals surface area contributed by atoms with Crippen molar-refractivity contribution >= 4 is 26.0 Å². The van der Waals surface area contributed by atoms with Gasteiger partial charge in [0.15, 0.2) is 5.69 Å². The quantitative estimate of drug-likeness (QED) is 0.914. The number of halogens is 1. The van der Waals surface area contributed by atoms with Gasteiger partial charge < -0.3 is 0 Å². The minimum absolute atomic E-state index is 0.111. The Hall–Kier alpha value is -1.75. The van der Waals surface area contributed by atoms with Crippen LogP contribution in [0.4, 0.5) is 0 Å². The molecule has 1 aromatic carbocycles. The van der Waals surface area contributed by atoms with Gasteiger partial charge in [0, 0.05) is 17.2 Å². The first-order chi connectivity index (χ1) is 9.53. The lowest BCUT2D eigenvalue weighted by atomic mass is 10.2. The van der Waals surface area contributed by atoms with Crippen LogP contribution in [0.3, 0.4) is 0 Å². The Morgan fingerprint density at radius 1 is 1.25 bits per heavy atom. The van der Waals surface area contributed by atoms with Gasteiger partial charge in [0.2, 0.25) is 10.0 Å². The number of hydrogen-bond donors (Lipinski definition) is 1. The third kappa shape index (κ3) is 3.42. The zero-order valence-electron chi connectivity index (χ0n) is 10.2. The fourth-order valence-electron chi connectivity index (χ4n) is 1.55. The van der Waals surface area contributed by atoms with E-state index in [2.05, 4.69) is 25.6 Å². The van der Waals surface area contributed by atoms with Gasteiger partial charge in [0.25, 0.3) is 0 Å². The van der Waals surface area contributed by atoms with Gasteiger partial charge in [-0.1, -0.05) is 28.1 Å². The highest BCUT2D eigenvalue weighted by Gasteiger charge is 2.18. The normalized spacial score (nSPS) is 11.0. The van der Waals surface area contributed by atoms with Gasteiger partial charge in [0.05, 0.1) is 0 Å². The summed E-state index contributed by atoms with van der Waals surface area (Å²) in [4.78, 5) is 3.63. The molecule has 0 atom stereocenters. The molecule has 1 aromatic heterocycles. The van der Waals surface area contributed by atoms with Crippen molar-refractivity contribution in [3.63, 3.8) is 0 Å². The minimum Gasteiger partial charge on any atom is -0.244 e. The smallest absolute Gasteiger partial charge is 0.243 e.